The van der Waals surface area contributed by atoms with E-state index >= 15 is 0 Å². The topological polar surface area (TPSA) is 27.7 Å². The summed E-state index contributed by atoms with van der Waals surface area (Å²) in [6, 6.07) is 3.96. The predicted molar refractivity (Wildman–Crippen MR) is 47.3 cm³/mol. The lowest BCUT2D eigenvalue weighted by molar-refractivity contribution is -0.458. The van der Waals surface area contributed by atoms with E-state index in [4.69, 9.17) is 14.2 Å². The third kappa shape index (κ3) is 1.14. The molecule has 0 saturated carbocycles. The number of ether oxygens (including phenoxy) is 3. The third-order valence-electron chi connectivity index (χ3n) is 2.35. The summed E-state index contributed by atoms with van der Waals surface area (Å²) in [5.41, 5.74) is 0. The minimum atomic E-state index is -0.872. The van der Waals surface area contributed by atoms with Crippen LogP contribution in [0.2, 0.25) is 0 Å². The minimum absolute atomic E-state index is 0.418. The van der Waals surface area contributed by atoms with Crippen LogP contribution in [-0.2, 0) is 20.2 Å². The first-order chi connectivity index (χ1) is 6.39. The van der Waals surface area contributed by atoms with Crippen LogP contribution in [0.5, 0.6) is 0 Å². The fourth-order valence-electron chi connectivity index (χ4n) is 1.62. The van der Waals surface area contributed by atoms with E-state index in [9.17, 15) is 0 Å². The van der Waals surface area contributed by atoms with Gasteiger partial charge in [0.25, 0.3) is 0 Å². The molecule has 0 aliphatic carbocycles. The predicted octanol–water partition coefficient (Wildman–Crippen LogP) is 1.55. The molecule has 1 aromatic rings. The second-order valence-electron chi connectivity index (χ2n) is 3.33. The second kappa shape index (κ2) is 2.78. The summed E-state index contributed by atoms with van der Waals surface area (Å²) < 4.78 is 16.7. The van der Waals surface area contributed by atoms with Gasteiger partial charge in [-0.15, -0.1) is 11.3 Å². The zero-order valence-corrected chi connectivity index (χ0v) is 7.88. The van der Waals surface area contributed by atoms with Crippen LogP contribution in [-0.4, -0.2) is 19.8 Å². The molecule has 4 rings (SSSR count). The van der Waals surface area contributed by atoms with Gasteiger partial charge in [-0.1, -0.05) is 6.07 Å². The molecule has 0 unspecified atom stereocenters. The molecule has 13 heavy (non-hydrogen) atoms. The molecule has 70 valence electrons. The van der Waals surface area contributed by atoms with Gasteiger partial charge >= 0.3 is 5.97 Å². The lowest BCUT2D eigenvalue weighted by Crippen LogP contribution is -2.51. The highest BCUT2D eigenvalue weighted by Crippen LogP contribution is 2.40. The molecule has 3 nitrogen and oxygen atoms in total. The van der Waals surface area contributed by atoms with Gasteiger partial charge in [0.1, 0.15) is 0 Å². The van der Waals surface area contributed by atoms with Crippen molar-refractivity contribution in [3.05, 3.63) is 22.4 Å². The van der Waals surface area contributed by atoms with Crippen LogP contribution < -0.4 is 0 Å². The smallest absolute Gasteiger partial charge is 0.321 e. The van der Waals surface area contributed by atoms with E-state index in [1.54, 1.807) is 11.3 Å². The summed E-state index contributed by atoms with van der Waals surface area (Å²) in [4.78, 5) is 1.01. The maximum atomic E-state index is 5.57. The highest BCUT2D eigenvalue weighted by atomic mass is 32.1. The Morgan fingerprint density at radius 3 is 2.46 bits per heavy atom. The van der Waals surface area contributed by atoms with Gasteiger partial charge in [-0.2, -0.15) is 0 Å². The van der Waals surface area contributed by atoms with E-state index in [0.717, 1.165) is 24.7 Å². The molecule has 0 atom stereocenters. The molecule has 1 aromatic heterocycles. The van der Waals surface area contributed by atoms with Crippen LogP contribution in [0.4, 0.5) is 0 Å². The van der Waals surface area contributed by atoms with Crippen molar-refractivity contribution in [3.63, 3.8) is 0 Å². The fourth-order valence-corrected chi connectivity index (χ4v) is 2.40. The average Bonchev–Trinajstić information content (AvgIpc) is 2.74. The van der Waals surface area contributed by atoms with E-state index in [2.05, 4.69) is 0 Å². The molecule has 3 saturated heterocycles. The number of thiophene rings is 1. The maximum absolute atomic E-state index is 5.57. The Morgan fingerprint density at radius 2 is 1.92 bits per heavy atom. The first-order valence-electron chi connectivity index (χ1n) is 4.35. The molecule has 0 radical (unpaired) electrons. The number of hydrogen-bond donors (Lipinski definition) is 0. The van der Waals surface area contributed by atoms with Crippen molar-refractivity contribution >= 4 is 11.3 Å². The number of rotatable bonds is 1. The first-order valence-corrected chi connectivity index (χ1v) is 5.23. The standard InChI is InChI=1S/C9H10O3S/c1-2-8(13-3-1)9-10-4-7(5-11-9)6-12-9/h1-3,7H,4-6H2. The molecule has 0 aromatic carbocycles. The van der Waals surface area contributed by atoms with Crippen LogP contribution in [0, 0.1) is 5.92 Å². The van der Waals surface area contributed by atoms with Gasteiger partial charge < -0.3 is 14.2 Å². The SMILES string of the molecule is c1csc(C23OCC(CO2)CO3)c1. The molecule has 3 aliphatic heterocycles. The maximum Gasteiger partial charge on any atom is 0.321 e. The van der Waals surface area contributed by atoms with Crippen molar-refractivity contribution in [2.24, 2.45) is 5.92 Å². The average molecular weight is 198 g/mol. The number of hydrogen-bond acceptors (Lipinski definition) is 4. The summed E-state index contributed by atoms with van der Waals surface area (Å²) in [7, 11) is 0. The Hall–Kier alpha value is -0.420. The van der Waals surface area contributed by atoms with E-state index in [0.29, 0.717) is 5.92 Å². The molecular formula is C9H10O3S. The van der Waals surface area contributed by atoms with Crippen molar-refractivity contribution in [3.8, 4) is 0 Å². The van der Waals surface area contributed by atoms with Crippen LogP contribution >= 0.6 is 11.3 Å². The molecule has 2 bridgehead atoms. The molecule has 3 fully saturated rings. The van der Waals surface area contributed by atoms with Crippen LogP contribution in [0.1, 0.15) is 4.88 Å². The Kier molecular flexibility index (Phi) is 1.70. The van der Waals surface area contributed by atoms with Gasteiger partial charge in [0, 0.05) is 5.92 Å². The third-order valence-corrected chi connectivity index (χ3v) is 3.28. The summed E-state index contributed by atoms with van der Waals surface area (Å²) >= 11 is 1.60. The monoisotopic (exact) mass is 198 g/mol. The highest BCUT2D eigenvalue weighted by Gasteiger charge is 2.46. The highest BCUT2D eigenvalue weighted by molar-refractivity contribution is 7.10. The zero-order chi connectivity index (χ0) is 8.73. The normalized spacial score (nSPS) is 38.0. The Labute approximate surface area is 80.2 Å². The fraction of sp³-hybridized carbons (Fsp3) is 0.556. The lowest BCUT2D eigenvalue weighted by atomic mass is 10.1. The largest absolute Gasteiger partial charge is 0.322 e. The van der Waals surface area contributed by atoms with Crippen molar-refractivity contribution in [2.75, 3.05) is 19.8 Å². The molecule has 0 N–H and O–H groups in total. The molecule has 4 heterocycles. The minimum Gasteiger partial charge on any atom is -0.322 e. The summed E-state index contributed by atoms with van der Waals surface area (Å²) in [6.45, 7) is 2.24. The van der Waals surface area contributed by atoms with Gasteiger partial charge in [-0.3, -0.25) is 0 Å². The second-order valence-corrected chi connectivity index (χ2v) is 4.28. The Bertz CT molecular complexity index is 274. The van der Waals surface area contributed by atoms with Crippen LogP contribution in [0.15, 0.2) is 17.5 Å². The Morgan fingerprint density at radius 1 is 1.23 bits per heavy atom. The molecular weight excluding hydrogens is 188 g/mol. The van der Waals surface area contributed by atoms with E-state index in [1.165, 1.54) is 0 Å². The van der Waals surface area contributed by atoms with Gasteiger partial charge in [-0.25, -0.2) is 0 Å². The first kappa shape index (κ1) is 7.94. The van der Waals surface area contributed by atoms with Crippen molar-refractivity contribution in [1.82, 2.24) is 0 Å². The van der Waals surface area contributed by atoms with Crippen molar-refractivity contribution in [2.45, 2.75) is 5.97 Å². The summed E-state index contributed by atoms with van der Waals surface area (Å²) in [5, 5.41) is 2.00. The molecule has 0 spiro atoms. The number of fused-ring (bicyclic) bond motifs is 3. The zero-order valence-electron chi connectivity index (χ0n) is 7.06. The van der Waals surface area contributed by atoms with E-state index in [1.807, 2.05) is 17.5 Å². The summed E-state index contributed by atoms with van der Waals surface area (Å²) in [6.07, 6.45) is 0. The quantitative estimate of drug-likeness (QED) is 0.685. The van der Waals surface area contributed by atoms with Crippen molar-refractivity contribution in [1.29, 1.82) is 0 Å². The van der Waals surface area contributed by atoms with Crippen molar-refractivity contribution < 1.29 is 14.2 Å². The lowest BCUT2D eigenvalue weighted by Gasteiger charge is -2.44. The van der Waals surface area contributed by atoms with E-state index in [-0.39, 0.29) is 0 Å². The molecule has 0 amide bonds. The van der Waals surface area contributed by atoms with Crippen LogP contribution in [0.3, 0.4) is 0 Å². The van der Waals surface area contributed by atoms with Crippen LogP contribution in [0.25, 0.3) is 0 Å². The van der Waals surface area contributed by atoms with Gasteiger partial charge in [0.05, 0.1) is 24.7 Å². The Balaban J connectivity index is 1.95. The van der Waals surface area contributed by atoms with Gasteiger partial charge in [0.15, 0.2) is 0 Å². The van der Waals surface area contributed by atoms with Gasteiger partial charge in [0.2, 0.25) is 0 Å². The molecule has 4 heteroatoms. The summed E-state index contributed by atoms with van der Waals surface area (Å²) in [5.74, 6) is -0.454. The molecule has 3 aliphatic rings. The van der Waals surface area contributed by atoms with E-state index < -0.39 is 5.97 Å². The van der Waals surface area contributed by atoms with Gasteiger partial charge in [-0.05, 0) is 11.4 Å².